The van der Waals surface area contributed by atoms with Gasteiger partial charge < -0.3 is 35.4 Å². The average Bonchev–Trinajstić information content (AvgIpc) is 1.96. The zero-order valence-corrected chi connectivity index (χ0v) is 11.3. The van der Waals surface area contributed by atoms with E-state index in [2.05, 4.69) is 0 Å². The summed E-state index contributed by atoms with van der Waals surface area (Å²) < 4.78 is 8.88. The summed E-state index contributed by atoms with van der Waals surface area (Å²) in [6.45, 7) is 0. The molecule has 1 atom stereocenters. The van der Waals surface area contributed by atoms with Crippen molar-refractivity contribution in [1.82, 2.24) is 0 Å². The molecular weight excluding hydrogens is 256 g/mol. The van der Waals surface area contributed by atoms with Gasteiger partial charge in [-0.1, -0.05) is 0 Å². The Hall–Kier alpha value is 0.01000. The first-order valence-electron chi connectivity index (χ1n) is 3.50. The van der Waals surface area contributed by atoms with Gasteiger partial charge in [0, 0.05) is 12.5 Å². The number of rotatable bonds is 4. The van der Waals surface area contributed by atoms with Crippen LogP contribution in [0, 0.1) is 0 Å². The van der Waals surface area contributed by atoms with E-state index in [4.69, 9.17) is 30.1 Å². The Morgan fingerprint density at radius 2 is 1.62 bits per heavy atom. The molecule has 0 saturated heterocycles. The third-order valence-electron chi connectivity index (χ3n) is 0.972. The van der Waals surface area contributed by atoms with Gasteiger partial charge in [0.1, 0.15) is 0 Å². The first-order chi connectivity index (χ1) is 6.54. The van der Waals surface area contributed by atoms with Crippen molar-refractivity contribution in [2.24, 2.45) is 5.73 Å². The van der Waals surface area contributed by atoms with Crippen LogP contribution in [0.15, 0.2) is 0 Å². The summed E-state index contributed by atoms with van der Waals surface area (Å²) in [5.41, 5.74) is 4.94. The van der Waals surface area contributed by atoms with Gasteiger partial charge in [-0.05, 0) is 6.42 Å². The van der Waals surface area contributed by atoms with Crippen LogP contribution in [0.3, 0.4) is 0 Å². The summed E-state index contributed by atoms with van der Waals surface area (Å²) >= 11 is 0. The number of carboxylic acid groups (broad SMARTS) is 2. The molecule has 6 N–H and O–H groups in total. The molecule has 0 unspecified atom stereocenters. The van der Waals surface area contributed by atoms with Crippen molar-refractivity contribution in [3.05, 3.63) is 0 Å². The molecule has 0 radical (unpaired) electrons. The van der Waals surface area contributed by atoms with Gasteiger partial charge in [-0.3, -0.25) is 4.79 Å². The fourth-order valence-electron chi connectivity index (χ4n) is 0.397. The van der Waals surface area contributed by atoms with Crippen LogP contribution in [-0.4, -0.2) is 37.8 Å². The van der Waals surface area contributed by atoms with Gasteiger partial charge in [-0.25, -0.2) is 4.57 Å². The molecule has 0 aliphatic heterocycles. The van der Waals surface area contributed by atoms with Crippen LogP contribution in [0.5, 0.6) is 0 Å². The quantitative estimate of drug-likeness (QED) is 0.244. The van der Waals surface area contributed by atoms with E-state index < -0.39 is 25.8 Å². The monoisotopic (exact) mass is 267 g/mol. The minimum absolute atomic E-state index is 0. The van der Waals surface area contributed by atoms with E-state index in [-0.39, 0.29) is 42.4 Å². The smallest absolute Gasteiger partial charge is 0.548 e. The van der Waals surface area contributed by atoms with Crippen LogP contribution in [0.4, 0.5) is 0 Å². The van der Waals surface area contributed by atoms with Crippen molar-refractivity contribution >= 4 is 19.8 Å². The van der Waals surface area contributed by atoms with Crippen molar-refractivity contribution in [1.29, 1.82) is 0 Å². The minimum Gasteiger partial charge on any atom is -0.548 e. The van der Waals surface area contributed by atoms with Gasteiger partial charge in [0.25, 0.3) is 0 Å². The van der Waals surface area contributed by atoms with Gasteiger partial charge >= 0.3 is 43.3 Å². The first kappa shape index (κ1) is 21.3. The van der Waals surface area contributed by atoms with Gasteiger partial charge in [0.15, 0.2) is 0 Å². The molecule has 0 spiro atoms. The second-order valence-electron chi connectivity index (χ2n) is 2.37. The Balaban J connectivity index is -0.000000242. The molecule has 0 rings (SSSR count). The maximum atomic E-state index is 9.88. The fourth-order valence-corrected chi connectivity index (χ4v) is 0.397. The fraction of sp³-hybridized carbons (Fsp3) is 0.600. The standard InChI is InChI=1S/C5H9NO4.Na.H3O4P/c6-3(5(9)10)1-2-4(7)8;;1-5(2,3)4/h3H,1-2,6H2,(H,7,8)(H,9,10);;(H3,1,2,3,4)/q;+1;/p-1/t3-;;/m0../s1. The second-order valence-corrected chi connectivity index (χ2v) is 3.40. The first-order valence-corrected chi connectivity index (χ1v) is 5.07. The SMILES string of the molecule is N[C@@H](CCC(=O)O)C(=O)[O-].O=P(O)(O)O.[Na+]. The Morgan fingerprint density at radius 3 is 1.81 bits per heavy atom. The summed E-state index contributed by atoms with van der Waals surface area (Å²) in [6, 6.07) is -1.17. The van der Waals surface area contributed by atoms with Crippen molar-refractivity contribution in [3.8, 4) is 0 Å². The van der Waals surface area contributed by atoms with Gasteiger partial charge in [-0.15, -0.1) is 0 Å². The zero-order valence-electron chi connectivity index (χ0n) is 8.44. The van der Waals surface area contributed by atoms with Crippen molar-refractivity contribution < 1.29 is 68.6 Å². The molecule has 9 nitrogen and oxygen atoms in total. The maximum Gasteiger partial charge on any atom is 1.00 e. The summed E-state index contributed by atoms with van der Waals surface area (Å²) in [5.74, 6) is -2.47. The van der Waals surface area contributed by atoms with E-state index in [0.717, 1.165) is 0 Å². The molecular formula is C5H11NNaO8P. The molecule has 11 heteroatoms. The number of carbonyl (C=O) groups excluding carboxylic acids is 1. The molecule has 0 aliphatic rings. The molecule has 90 valence electrons. The summed E-state index contributed by atoms with van der Waals surface area (Å²) in [4.78, 5) is 41.3. The van der Waals surface area contributed by atoms with E-state index in [1.807, 2.05) is 0 Å². The van der Waals surface area contributed by atoms with Crippen molar-refractivity contribution in [3.63, 3.8) is 0 Å². The number of phosphoric acid groups is 1. The summed E-state index contributed by atoms with van der Waals surface area (Å²) in [7, 11) is -4.64. The molecule has 0 aromatic rings. The van der Waals surface area contributed by atoms with E-state index in [9.17, 15) is 14.7 Å². The van der Waals surface area contributed by atoms with E-state index >= 15 is 0 Å². The predicted molar refractivity (Wildman–Crippen MR) is 44.1 cm³/mol. The molecule has 0 bridgehead atoms. The zero-order chi connectivity index (χ0) is 12.6. The van der Waals surface area contributed by atoms with E-state index in [0.29, 0.717) is 0 Å². The third-order valence-corrected chi connectivity index (χ3v) is 0.972. The number of nitrogens with two attached hydrogens (primary N) is 1. The summed E-state index contributed by atoms with van der Waals surface area (Å²) in [6.07, 6.45) is -0.327. The van der Waals surface area contributed by atoms with E-state index in [1.165, 1.54) is 0 Å². The van der Waals surface area contributed by atoms with Crippen LogP contribution in [0.1, 0.15) is 12.8 Å². The third kappa shape index (κ3) is 29.2. The Labute approximate surface area is 113 Å². The Morgan fingerprint density at radius 1 is 1.31 bits per heavy atom. The number of carboxylic acids is 2. The predicted octanol–water partition coefficient (Wildman–Crippen LogP) is -6.00. The number of hydrogen-bond acceptors (Lipinski definition) is 5. The van der Waals surface area contributed by atoms with Crippen LogP contribution >= 0.6 is 7.82 Å². The van der Waals surface area contributed by atoms with Crippen LogP contribution < -0.4 is 40.4 Å². The molecule has 0 aromatic heterocycles. The second kappa shape index (κ2) is 10.2. The van der Waals surface area contributed by atoms with E-state index in [1.54, 1.807) is 0 Å². The molecule has 0 aromatic carbocycles. The molecule has 0 saturated carbocycles. The molecule has 0 heterocycles. The van der Waals surface area contributed by atoms with Crippen molar-refractivity contribution in [2.45, 2.75) is 18.9 Å². The Bertz CT molecular complexity index is 257. The average molecular weight is 267 g/mol. The summed E-state index contributed by atoms with van der Waals surface area (Å²) in [5, 5.41) is 18.0. The maximum absolute atomic E-state index is 9.88. The molecule has 0 amide bonds. The number of aliphatic carboxylic acids is 2. The van der Waals surface area contributed by atoms with Crippen LogP contribution in [0.25, 0.3) is 0 Å². The largest absolute Gasteiger partial charge is 1.00 e. The van der Waals surface area contributed by atoms with Crippen LogP contribution in [0.2, 0.25) is 0 Å². The van der Waals surface area contributed by atoms with Gasteiger partial charge in [0.05, 0.1) is 5.97 Å². The van der Waals surface area contributed by atoms with Crippen LogP contribution in [-0.2, 0) is 14.2 Å². The molecule has 16 heavy (non-hydrogen) atoms. The number of hydrogen-bond donors (Lipinski definition) is 5. The van der Waals surface area contributed by atoms with Crippen molar-refractivity contribution in [2.75, 3.05) is 0 Å². The normalized spacial score (nSPS) is 11.5. The number of carbonyl (C=O) groups is 2. The topological polar surface area (TPSA) is 181 Å². The Kier molecular flexibility index (Phi) is 13.6. The minimum atomic E-state index is -4.64. The molecule has 0 aliphatic carbocycles. The molecule has 0 fully saturated rings. The van der Waals surface area contributed by atoms with Gasteiger partial charge in [-0.2, -0.15) is 0 Å². The van der Waals surface area contributed by atoms with Gasteiger partial charge in [0.2, 0.25) is 0 Å².